The number of pyridine rings is 1. The summed E-state index contributed by atoms with van der Waals surface area (Å²) in [6.07, 6.45) is 1.93. The SMILES string of the molecule is CN=C(NCc1c(OC)cc(OC)cc1OC)NCc1nnc2ccccn12. The van der Waals surface area contributed by atoms with E-state index in [0.717, 1.165) is 17.0 Å². The van der Waals surface area contributed by atoms with E-state index >= 15 is 0 Å². The van der Waals surface area contributed by atoms with Gasteiger partial charge in [0.2, 0.25) is 0 Å². The molecule has 0 aliphatic heterocycles. The van der Waals surface area contributed by atoms with Crippen LogP contribution >= 0.6 is 0 Å². The molecule has 0 fully saturated rings. The Morgan fingerprint density at radius 2 is 1.71 bits per heavy atom. The van der Waals surface area contributed by atoms with Crippen molar-refractivity contribution in [3.63, 3.8) is 0 Å². The average Bonchev–Trinajstić information content (AvgIpc) is 3.16. The first-order valence-corrected chi connectivity index (χ1v) is 8.72. The Labute approximate surface area is 163 Å². The molecule has 9 nitrogen and oxygen atoms in total. The number of methoxy groups -OCH3 is 3. The van der Waals surface area contributed by atoms with Gasteiger partial charge in [-0.15, -0.1) is 10.2 Å². The van der Waals surface area contributed by atoms with E-state index < -0.39 is 0 Å². The van der Waals surface area contributed by atoms with Gasteiger partial charge in [0.05, 0.1) is 40.0 Å². The van der Waals surface area contributed by atoms with Gasteiger partial charge in [-0.25, -0.2) is 0 Å². The van der Waals surface area contributed by atoms with Crippen LogP contribution in [0, 0.1) is 0 Å². The third kappa shape index (κ3) is 4.08. The van der Waals surface area contributed by atoms with Gasteiger partial charge in [-0.2, -0.15) is 0 Å². The third-order valence-corrected chi connectivity index (χ3v) is 4.27. The van der Waals surface area contributed by atoms with Crippen LogP contribution in [-0.4, -0.2) is 48.9 Å². The fourth-order valence-corrected chi connectivity index (χ4v) is 2.82. The lowest BCUT2D eigenvalue weighted by Crippen LogP contribution is -2.36. The van der Waals surface area contributed by atoms with Crippen LogP contribution in [0.5, 0.6) is 17.2 Å². The molecule has 0 amide bonds. The van der Waals surface area contributed by atoms with Gasteiger partial charge in [0.1, 0.15) is 17.2 Å². The van der Waals surface area contributed by atoms with Crippen molar-refractivity contribution in [3.05, 3.63) is 47.9 Å². The molecule has 0 aliphatic rings. The molecule has 148 valence electrons. The zero-order valence-electron chi connectivity index (χ0n) is 16.4. The number of benzene rings is 1. The molecule has 3 rings (SSSR count). The van der Waals surface area contributed by atoms with E-state index in [9.17, 15) is 0 Å². The largest absolute Gasteiger partial charge is 0.496 e. The smallest absolute Gasteiger partial charge is 0.191 e. The van der Waals surface area contributed by atoms with Crippen molar-refractivity contribution >= 4 is 11.6 Å². The maximum absolute atomic E-state index is 5.48. The Kier molecular flexibility index (Phi) is 6.15. The van der Waals surface area contributed by atoms with Gasteiger partial charge in [0.15, 0.2) is 17.4 Å². The van der Waals surface area contributed by atoms with Crippen molar-refractivity contribution in [2.75, 3.05) is 28.4 Å². The number of hydrogen-bond acceptors (Lipinski definition) is 6. The van der Waals surface area contributed by atoms with Gasteiger partial charge in [0.25, 0.3) is 0 Å². The summed E-state index contributed by atoms with van der Waals surface area (Å²) in [4.78, 5) is 4.26. The highest BCUT2D eigenvalue weighted by molar-refractivity contribution is 5.79. The summed E-state index contributed by atoms with van der Waals surface area (Å²) in [5.74, 6) is 3.41. The highest BCUT2D eigenvalue weighted by atomic mass is 16.5. The summed E-state index contributed by atoms with van der Waals surface area (Å²) in [5.41, 5.74) is 1.66. The van der Waals surface area contributed by atoms with Gasteiger partial charge in [0, 0.05) is 25.4 Å². The number of rotatable bonds is 7. The van der Waals surface area contributed by atoms with Gasteiger partial charge < -0.3 is 24.8 Å². The monoisotopic (exact) mass is 384 g/mol. The van der Waals surface area contributed by atoms with Crippen LogP contribution in [0.3, 0.4) is 0 Å². The summed E-state index contributed by atoms with van der Waals surface area (Å²) in [6, 6.07) is 9.41. The van der Waals surface area contributed by atoms with Gasteiger partial charge in [-0.3, -0.25) is 9.39 Å². The minimum atomic E-state index is 0.455. The zero-order chi connectivity index (χ0) is 19.9. The van der Waals surface area contributed by atoms with Gasteiger partial charge in [-0.05, 0) is 12.1 Å². The van der Waals surface area contributed by atoms with Gasteiger partial charge in [-0.1, -0.05) is 6.07 Å². The number of nitrogens with zero attached hydrogens (tertiary/aromatic N) is 4. The minimum Gasteiger partial charge on any atom is -0.496 e. The molecule has 2 aromatic heterocycles. The van der Waals surface area contributed by atoms with Crippen LogP contribution < -0.4 is 24.8 Å². The molecule has 28 heavy (non-hydrogen) atoms. The Bertz CT molecular complexity index is 944. The fraction of sp³-hybridized carbons (Fsp3) is 0.316. The molecule has 0 spiro atoms. The lowest BCUT2D eigenvalue weighted by molar-refractivity contribution is 0.368. The molecule has 2 heterocycles. The summed E-state index contributed by atoms with van der Waals surface area (Å²) < 4.78 is 18.2. The molecular formula is C19H24N6O3. The number of aromatic nitrogens is 3. The van der Waals surface area contributed by atoms with Crippen molar-refractivity contribution in [2.24, 2.45) is 4.99 Å². The first-order valence-electron chi connectivity index (χ1n) is 8.72. The Morgan fingerprint density at radius 1 is 1.00 bits per heavy atom. The van der Waals surface area contributed by atoms with E-state index in [1.807, 2.05) is 40.9 Å². The second-order valence-corrected chi connectivity index (χ2v) is 5.83. The molecule has 3 aromatic rings. The Balaban J connectivity index is 1.69. The fourth-order valence-electron chi connectivity index (χ4n) is 2.82. The molecular weight excluding hydrogens is 360 g/mol. The van der Waals surface area contributed by atoms with E-state index in [0.29, 0.717) is 36.3 Å². The second kappa shape index (κ2) is 8.94. The first-order chi connectivity index (χ1) is 13.7. The average molecular weight is 384 g/mol. The third-order valence-electron chi connectivity index (χ3n) is 4.27. The van der Waals surface area contributed by atoms with Gasteiger partial charge >= 0.3 is 0 Å². The summed E-state index contributed by atoms with van der Waals surface area (Å²) in [5, 5.41) is 14.9. The van der Waals surface area contributed by atoms with E-state index in [2.05, 4.69) is 25.8 Å². The highest BCUT2D eigenvalue weighted by Gasteiger charge is 2.14. The molecule has 0 saturated carbocycles. The van der Waals surface area contributed by atoms with Crippen LogP contribution in [-0.2, 0) is 13.1 Å². The maximum Gasteiger partial charge on any atom is 0.191 e. The van der Waals surface area contributed by atoms with E-state index in [4.69, 9.17) is 14.2 Å². The van der Waals surface area contributed by atoms with Crippen molar-refractivity contribution in [1.82, 2.24) is 25.2 Å². The van der Waals surface area contributed by atoms with Crippen LogP contribution in [0.15, 0.2) is 41.5 Å². The standard InChI is InChI=1S/C19H24N6O3/c1-20-19(22-12-18-24-23-17-7-5-6-8-25(17)18)21-11-14-15(27-3)9-13(26-2)10-16(14)28-4/h5-10H,11-12H2,1-4H3,(H2,20,21,22). The van der Waals surface area contributed by atoms with Crippen molar-refractivity contribution in [3.8, 4) is 17.2 Å². The number of hydrogen-bond donors (Lipinski definition) is 2. The predicted octanol–water partition coefficient (Wildman–Crippen LogP) is 1.62. The van der Waals surface area contributed by atoms with Crippen molar-refractivity contribution in [1.29, 1.82) is 0 Å². The first kappa shape index (κ1) is 19.3. The van der Waals surface area contributed by atoms with Crippen LogP contribution in [0.1, 0.15) is 11.4 Å². The van der Waals surface area contributed by atoms with Crippen molar-refractivity contribution in [2.45, 2.75) is 13.1 Å². The van der Waals surface area contributed by atoms with Crippen LogP contribution in [0.25, 0.3) is 5.65 Å². The Morgan fingerprint density at radius 3 is 2.36 bits per heavy atom. The topological polar surface area (TPSA) is 94.3 Å². The van der Waals surface area contributed by atoms with Crippen LogP contribution in [0.2, 0.25) is 0 Å². The number of ether oxygens (including phenoxy) is 3. The van der Waals surface area contributed by atoms with Crippen LogP contribution in [0.4, 0.5) is 0 Å². The lowest BCUT2D eigenvalue weighted by Gasteiger charge is -2.17. The number of nitrogens with one attached hydrogen (secondary N) is 2. The molecule has 2 N–H and O–H groups in total. The lowest BCUT2D eigenvalue weighted by atomic mass is 10.1. The minimum absolute atomic E-state index is 0.455. The molecule has 0 bridgehead atoms. The molecule has 0 saturated heterocycles. The molecule has 0 radical (unpaired) electrons. The van der Waals surface area contributed by atoms with Crippen molar-refractivity contribution < 1.29 is 14.2 Å². The quantitative estimate of drug-likeness (QED) is 0.472. The molecule has 0 atom stereocenters. The molecule has 0 unspecified atom stereocenters. The maximum atomic E-state index is 5.48. The number of guanidine groups is 1. The summed E-state index contributed by atoms with van der Waals surface area (Å²) >= 11 is 0. The number of fused-ring (bicyclic) bond motifs is 1. The highest BCUT2D eigenvalue weighted by Crippen LogP contribution is 2.33. The normalized spacial score (nSPS) is 11.4. The molecule has 0 aliphatic carbocycles. The summed E-state index contributed by atoms with van der Waals surface area (Å²) in [6.45, 7) is 0.929. The summed E-state index contributed by atoms with van der Waals surface area (Å²) in [7, 11) is 6.54. The zero-order valence-corrected chi connectivity index (χ0v) is 16.4. The Hall–Kier alpha value is -3.49. The van der Waals surface area contributed by atoms with E-state index in [1.54, 1.807) is 28.4 Å². The second-order valence-electron chi connectivity index (χ2n) is 5.83. The molecule has 9 heteroatoms. The predicted molar refractivity (Wildman–Crippen MR) is 106 cm³/mol. The van der Waals surface area contributed by atoms with E-state index in [-0.39, 0.29) is 0 Å². The molecule has 1 aromatic carbocycles. The number of aliphatic imine (C=N–C) groups is 1. The van der Waals surface area contributed by atoms with E-state index in [1.165, 1.54) is 0 Å².